The number of methoxy groups -OCH3 is 3. The molecule has 0 radical (unpaired) electrons. The Balaban J connectivity index is 1.58. The number of aliphatic hydroxyl groups excluding tert-OH is 2. The quantitative estimate of drug-likeness (QED) is 0.173. The molecule has 0 spiro atoms. The minimum absolute atomic E-state index is 0.0818. The zero-order chi connectivity index (χ0) is 31.9. The number of ether oxygens (including phenoxy) is 6. The third-order valence-electron chi connectivity index (χ3n) is 8.38. The van der Waals surface area contributed by atoms with Crippen molar-refractivity contribution in [2.24, 2.45) is 5.92 Å². The second-order valence-electron chi connectivity index (χ2n) is 10.9. The van der Waals surface area contributed by atoms with Crippen molar-refractivity contribution in [1.29, 1.82) is 0 Å². The summed E-state index contributed by atoms with van der Waals surface area (Å²) in [6, 6.07) is 32.8. The van der Waals surface area contributed by atoms with Gasteiger partial charge in [-0.15, -0.1) is 0 Å². The van der Waals surface area contributed by atoms with Crippen molar-refractivity contribution in [1.82, 2.24) is 0 Å². The maximum atomic E-state index is 10.5. The average Bonchev–Trinajstić information content (AvgIpc) is 3.42. The highest BCUT2D eigenvalue weighted by Crippen LogP contribution is 2.45. The van der Waals surface area contributed by atoms with Crippen LogP contribution in [0, 0.1) is 5.92 Å². The zero-order valence-electron chi connectivity index (χ0n) is 25.6. The van der Waals surface area contributed by atoms with Gasteiger partial charge in [0.05, 0.1) is 46.6 Å². The topological polar surface area (TPSA) is 95.8 Å². The van der Waals surface area contributed by atoms with Crippen molar-refractivity contribution in [3.8, 4) is 11.5 Å². The summed E-state index contributed by atoms with van der Waals surface area (Å²) in [7, 11) is 4.78. The molecule has 2 N–H and O–H groups in total. The zero-order valence-corrected chi connectivity index (χ0v) is 26.4. The van der Waals surface area contributed by atoms with Gasteiger partial charge in [-0.2, -0.15) is 0 Å². The molecule has 1 fully saturated rings. The van der Waals surface area contributed by atoms with Crippen LogP contribution in [0.4, 0.5) is 0 Å². The predicted molar refractivity (Wildman–Crippen MR) is 171 cm³/mol. The molecule has 238 valence electrons. The van der Waals surface area contributed by atoms with E-state index >= 15 is 0 Å². The molecule has 9 heteroatoms. The Hall–Kier alpha value is -3.47. The SMILES string of the molecule is COc1ccc(C(OC[C@H]2[C@@H](OC)OC(CO)(CO)[C@H]2OCc2ccc(Cl)cc2)(c2ccccc2)c2ccc(OC)cc2)cc1. The molecule has 1 heterocycles. The fraction of sp³-hybridized carbons (Fsp3) is 0.333. The normalized spacial score (nSPS) is 19.4. The summed E-state index contributed by atoms with van der Waals surface area (Å²) in [5.74, 6) is 0.886. The second-order valence-corrected chi connectivity index (χ2v) is 11.4. The molecule has 8 nitrogen and oxygen atoms in total. The number of benzene rings is 4. The number of rotatable bonds is 14. The van der Waals surface area contributed by atoms with E-state index in [1.807, 2.05) is 91.0 Å². The lowest BCUT2D eigenvalue weighted by Gasteiger charge is -2.38. The number of hydrogen-bond donors (Lipinski definition) is 2. The molecule has 4 aromatic carbocycles. The van der Waals surface area contributed by atoms with Crippen molar-refractivity contribution in [3.05, 3.63) is 130 Å². The van der Waals surface area contributed by atoms with Crippen LogP contribution in [0.3, 0.4) is 0 Å². The molecule has 1 aliphatic heterocycles. The summed E-state index contributed by atoms with van der Waals surface area (Å²) in [4.78, 5) is 0. The van der Waals surface area contributed by atoms with Gasteiger partial charge in [0.1, 0.15) is 28.8 Å². The molecular formula is C36H39ClO8. The van der Waals surface area contributed by atoms with Gasteiger partial charge in [0.2, 0.25) is 0 Å². The van der Waals surface area contributed by atoms with Gasteiger partial charge in [-0.25, -0.2) is 0 Å². The van der Waals surface area contributed by atoms with Gasteiger partial charge in [0, 0.05) is 12.1 Å². The number of aliphatic hydroxyl groups is 2. The van der Waals surface area contributed by atoms with E-state index in [9.17, 15) is 10.2 Å². The molecule has 0 amide bonds. The smallest absolute Gasteiger partial charge is 0.165 e. The van der Waals surface area contributed by atoms with Crippen LogP contribution in [0.1, 0.15) is 22.3 Å². The summed E-state index contributed by atoms with van der Waals surface area (Å²) >= 11 is 6.09. The standard InChI is InChI=1S/C36H39ClO8/c1-40-30-17-11-27(12-18-30)36(26-7-5-4-6-8-26,28-13-19-31(41-2)20-14-28)44-22-32-33(35(23-38,24-39)45-34(32)42-3)43-21-25-9-15-29(37)16-10-25/h4-20,32-34,38-39H,21-24H2,1-3H3/t32-,33+,34+/m1/s1. The Morgan fingerprint density at radius 3 is 1.76 bits per heavy atom. The van der Waals surface area contributed by atoms with Gasteiger partial charge >= 0.3 is 0 Å². The Morgan fingerprint density at radius 2 is 1.27 bits per heavy atom. The first-order valence-electron chi connectivity index (χ1n) is 14.7. The van der Waals surface area contributed by atoms with Crippen molar-refractivity contribution >= 4 is 11.6 Å². The highest BCUT2D eigenvalue weighted by Gasteiger charge is 2.57. The molecule has 5 rings (SSSR count). The van der Waals surface area contributed by atoms with Gasteiger partial charge < -0.3 is 38.6 Å². The summed E-state index contributed by atoms with van der Waals surface area (Å²) in [6.07, 6.45) is -1.62. The first-order valence-corrected chi connectivity index (χ1v) is 15.1. The van der Waals surface area contributed by atoms with Crippen molar-refractivity contribution in [3.63, 3.8) is 0 Å². The van der Waals surface area contributed by atoms with E-state index < -0.39 is 42.7 Å². The summed E-state index contributed by atoms with van der Waals surface area (Å²) in [5.41, 5.74) is 0.977. The fourth-order valence-corrected chi connectivity index (χ4v) is 6.08. The monoisotopic (exact) mass is 634 g/mol. The Morgan fingerprint density at radius 1 is 0.733 bits per heavy atom. The maximum absolute atomic E-state index is 10.5. The number of hydrogen-bond acceptors (Lipinski definition) is 8. The van der Waals surface area contributed by atoms with Crippen LogP contribution in [0.5, 0.6) is 11.5 Å². The molecule has 0 unspecified atom stereocenters. The van der Waals surface area contributed by atoms with E-state index in [-0.39, 0.29) is 13.2 Å². The van der Waals surface area contributed by atoms with Gasteiger partial charge in [-0.05, 0) is 58.7 Å². The molecule has 3 atom stereocenters. The lowest BCUT2D eigenvalue weighted by Crippen LogP contribution is -2.50. The van der Waals surface area contributed by atoms with Gasteiger partial charge in [0.25, 0.3) is 0 Å². The highest BCUT2D eigenvalue weighted by molar-refractivity contribution is 6.30. The molecule has 4 aromatic rings. The summed E-state index contributed by atoms with van der Waals surface area (Å²) in [5, 5.41) is 21.6. The molecule has 1 aliphatic rings. The first kappa shape index (κ1) is 32.9. The highest BCUT2D eigenvalue weighted by atomic mass is 35.5. The maximum Gasteiger partial charge on any atom is 0.165 e. The Labute approximate surface area is 269 Å². The van der Waals surface area contributed by atoms with Crippen molar-refractivity contribution in [2.75, 3.05) is 41.2 Å². The molecule has 0 saturated carbocycles. The van der Waals surface area contributed by atoms with Gasteiger partial charge in [0.15, 0.2) is 6.29 Å². The van der Waals surface area contributed by atoms with E-state index in [0.717, 1.165) is 22.3 Å². The second kappa shape index (κ2) is 14.7. The summed E-state index contributed by atoms with van der Waals surface area (Å²) < 4.78 is 36.4. The van der Waals surface area contributed by atoms with Gasteiger partial charge in [-0.3, -0.25) is 0 Å². The van der Waals surface area contributed by atoms with Crippen LogP contribution in [0.25, 0.3) is 0 Å². The number of halogens is 1. The van der Waals surface area contributed by atoms with E-state index in [1.165, 1.54) is 7.11 Å². The van der Waals surface area contributed by atoms with E-state index in [1.54, 1.807) is 26.4 Å². The van der Waals surface area contributed by atoms with Crippen LogP contribution in [0.15, 0.2) is 103 Å². The van der Waals surface area contributed by atoms with E-state index in [0.29, 0.717) is 16.5 Å². The van der Waals surface area contributed by atoms with Crippen LogP contribution in [0.2, 0.25) is 5.02 Å². The van der Waals surface area contributed by atoms with E-state index in [4.69, 9.17) is 40.0 Å². The van der Waals surface area contributed by atoms with Crippen LogP contribution in [-0.2, 0) is 31.2 Å². The third kappa shape index (κ3) is 6.73. The van der Waals surface area contributed by atoms with Crippen LogP contribution in [-0.4, -0.2) is 69.4 Å². The molecule has 0 aliphatic carbocycles. The molecular weight excluding hydrogens is 596 g/mol. The van der Waals surface area contributed by atoms with Crippen molar-refractivity contribution < 1.29 is 38.6 Å². The molecule has 0 aromatic heterocycles. The fourth-order valence-electron chi connectivity index (χ4n) is 5.95. The Kier molecular flexibility index (Phi) is 10.8. The molecule has 45 heavy (non-hydrogen) atoms. The third-order valence-corrected chi connectivity index (χ3v) is 8.64. The van der Waals surface area contributed by atoms with Crippen LogP contribution < -0.4 is 9.47 Å². The Bertz CT molecular complexity index is 1430. The van der Waals surface area contributed by atoms with Gasteiger partial charge in [-0.1, -0.05) is 78.3 Å². The minimum atomic E-state index is -1.42. The summed E-state index contributed by atoms with van der Waals surface area (Å²) in [6.45, 7) is -0.684. The first-order chi connectivity index (χ1) is 21.9. The van der Waals surface area contributed by atoms with E-state index in [2.05, 4.69) is 0 Å². The minimum Gasteiger partial charge on any atom is -0.497 e. The molecule has 0 bridgehead atoms. The van der Waals surface area contributed by atoms with Crippen molar-refractivity contribution in [2.45, 2.75) is 30.2 Å². The van der Waals surface area contributed by atoms with Crippen LogP contribution >= 0.6 is 11.6 Å². The lowest BCUT2D eigenvalue weighted by atomic mass is 9.79. The largest absolute Gasteiger partial charge is 0.497 e. The average molecular weight is 635 g/mol. The lowest BCUT2D eigenvalue weighted by molar-refractivity contribution is -0.201. The predicted octanol–water partition coefficient (Wildman–Crippen LogP) is 5.59. The molecule has 1 saturated heterocycles.